The predicted octanol–water partition coefficient (Wildman–Crippen LogP) is 1.28. The van der Waals surface area contributed by atoms with E-state index in [4.69, 9.17) is 5.73 Å². The standard InChI is InChI=1S/C13H23N3O2S/c1-4-11(2)16(3)10-9-15-19(17,18)13-8-6-5-7-12(13)14/h5-8,11,15H,4,9-10,14H2,1-3H3. The van der Waals surface area contributed by atoms with Crippen molar-refractivity contribution in [2.75, 3.05) is 25.9 Å². The monoisotopic (exact) mass is 285 g/mol. The largest absolute Gasteiger partial charge is 0.398 e. The van der Waals surface area contributed by atoms with Gasteiger partial charge in [-0.1, -0.05) is 19.1 Å². The molecule has 0 fully saturated rings. The van der Waals surface area contributed by atoms with Crippen LogP contribution in [-0.2, 0) is 10.0 Å². The number of para-hydroxylation sites is 1. The summed E-state index contributed by atoms with van der Waals surface area (Å²) in [5.74, 6) is 0. The number of likely N-dealkylation sites (N-methyl/N-ethyl adjacent to an activating group) is 1. The lowest BCUT2D eigenvalue weighted by Gasteiger charge is -2.23. The Morgan fingerprint density at radius 1 is 1.37 bits per heavy atom. The van der Waals surface area contributed by atoms with Crippen LogP contribution in [0.3, 0.4) is 0 Å². The maximum atomic E-state index is 12.1. The van der Waals surface area contributed by atoms with Gasteiger partial charge in [0.2, 0.25) is 10.0 Å². The Morgan fingerprint density at radius 3 is 2.58 bits per heavy atom. The lowest BCUT2D eigenvalue weighted by molar-refractivity contribution is 0.256. The normalized spacial score (nSPS) is 13.7. The highest BCUT2D eigenvalue weighted by Gasteiger charge is 2.16. The molecule has 19 heavy (non-hydrogen) atoms. The van der Waals surface area contributed by atoms with Crippen molar-refractivity contribution in [3.05, 3.63) is 24.3 Å². The van der Waals surface area contributed by atoms with Crippen LogP contribution in [0.1, 0.15) is 20.3 Å². The minimum atomic E-state index is -3.52. The zero-order valence-corrected chi connectivity index (χ0v) is 12.6. The fraction of sp³-hybridized carbons (Fsp3) is 0.538. The molecule has 0 saturated carbocycles. The lowest BCUT2D eigenvalue weighted by Crippen LogP contribution is -2.37. The molecule has 5 nitrogen and oxygen atoms in total. The van der Waals surface area contributed by atoms with Crippen molar-refractivity contribution < 1.29 is 8.42 Å². The van der Waals surface area contributed by atoms with Gasteiger partial charge in [-0.05, 0) is 32.5 Å². The summed E-state index contributed by atoms with van der Waals surface area (Å²) < 4.78 is 26.7. The molecule has 0 saturated heterocycles. The van der Waals surface area contributed by atoms with Crippen LogP contribution in [0.4, 0.5) is 5.69 Å². The van der Waals surface area contributed by atoms with Crippen molar-refractivity contribution in [3.8, 4) is 0 Å². The Bertz CT molecular complexity index is 502. The second kappa shape index (κ2) is 6.88. The summed E-state index contributed by atoms with van der Waals surface area (Å²) in [6, 6.07) is 6.91. The quantitative estimate of drug-likeness (QED) is 0.740. The van der Waals surface area contributed by atoms with Gasteiger partial charge < -0.3 is 10.6 Å². The summed E-state index contributed by atoms with van der Waals surface area (Å²) in [7, 11) is -1.54. The van der Waals surface area contributed by atoms with Crippen LogP contribution in [0.2, 0.25) is 0 Å². The Labute approximate surface area is 115 Å². The van der Waals surface area contributed by atoms with Crippen LogP contribution < -0.4 is 10.5 Å². The van der Waals surface area contributed by atoms with Crippen molar-refractivity contribution in [2.45, 2.75) is 31.2 Å². The molecule has 1 rings (SSSR count). The maximum absolute atomic E-state index is 12.1. The van der Waals surface area contributed by atoms with Gasteiger partial charge in [0.25, 0.3) is 0 Å². The Morgan fingerprint density at radius 2 is 2.00 bits per heavy atom. The first-order valence-corrected chi connectivity index (χ1v) is 7.91. The third-order valence-electron chi connectivity index (χ3n) is 3.31. The summed E-state index contributed by atoms with van der Waals surface area (Å²) in [6.45, 7) is 5.26. The van der Waals surface area contributed by atoms with Gasteiger partial charge in [-0.3, -0.25) is 0 Å². The molecule has 1 aromatic rings. The van der Waals surface area contributed by atoms with Crippen LogP contribution in [0, 0.1) is 0 Å². The lowest BCUT2D eigenvalue weighted by atomic mass is 10.2. The summed E-state index contributed by atoms with van der Waals surface area (Å²) in [4.78, 5) is 2.26. The van der Waals surface area contributed by atoms with E-state index in [1.165, 1.54) is 6.07 Å². The second-order valence-electron chi connectivity index (χ2n) is 4.67. The Balaban J connectivity index is 2.60. The van der Waals surface area contributed by atoms with E-state index in [-0.39, 0.29) is 10.6 Å². The molecule has 0 aliphatic rings. The molecule has 1 atom stereocenters. The molecule has 1 aromatic carbocycles. The Hall–Kier alpha value is -1.11. The number of nitrogens with two attached hydrogens (primary N) is 1. The highest BCUT2D eigenvalue weighted by Crippen LogP contribution is 2.16. The van der Waals surface area contributed by atoms with Crippen molar-refractivity contribution >= 4 is 15.7 Å². The SMILES string of the molecule is CCC(C)N(C)CCNS(=O)(=O)c1ccccc1N. The molecule has 0 heterocycles. The summed E-state index contributed by atoms with van der Waals surface area (Å²) in [5.41, 5.74) is 5.95. The fourth-order valence-corrected chi connectivity index (χ4v) is 2.84. The molecule has 0 spiro atoms. The zero-order chi connectivity index (χ0) is 14.5. The highest BCUT2D eigenvalue weighted by molar-refractivity contribution is 7.89. The minimum Gasteiger partial charge on any atom is -0.398 e. The first kappa shape index (κ1) is 15.9. The molecular weight excluding hydrogens is 262 g/mol. The number of hydrogen-bond donors (Lipinski definition) is 2. The number of rotatable bonds is 7. The maximum Gasteiger partial charge on any atom is 0.242 e. The van der Waals surface area contributed by atoms with Gasteiger partial charge in [0.05, 0.1) is 5.69 Å². The molecular formula is C13H23N3O2S. The molecule has 108 valence electrons. The van der Waals surface area contributed by atoms with Gasteiger partial charge in [-0.25, -0.2) is 13.1 Å². The van der Waals surface area contributed by atoms with E-state index in [1.807, 2.05) is 7.05 Å². The van der Waals surface area contributed by atoms with E-state index in [0.29, 0.717) is 19.1 Å². The van der Waals surface area contributed by atoms with E-state index in [0.717, 1.165) is 6.42 Å². The summed E-state index contributed by atoms with van der Waals surface area (Å²) >= 11 is 0. The second-order valence-corrected chi connectivity index (χ2v) is 6.41. The van der Waals surface area contributed by atoms with Gasteiger partial charge in [0.1, 0.15) is 4.90 Å². The molecule has 3 N–H and O–H groups in total. The highest BCUT2D eigenvalue weighted by atomic mass is 32.2. The smallest absolute Gasteiger partial charge is 0.242 e. The minimum absolute atomic E-state index is 0.140. The van der Waals surface area contributed by atoms with Crippen molar-refractivity contribution in [3.63, 3.8) is 0 Å². The molecule has 1 unspecified atom stereocenters. The number of hydrogen-bond acceptors (Lipinski definition) is 4. The molecule has 0 aliphatic carbocycles. The number of nitrogen functional groups attached to an aromatic ring is 1. The van der Waals surface area contributed by atoms with E-state index in [1.54, 1.807) is 18.2 Å². The van der Waals surface area contributed by atoms with Gasteiger partial charge in [-0.15, -0.1) is 0 Å². The number of anilines is 1. The van der Waals surface area contributed by atoms with E-state index in [9.17, 15) is 8.42 Å². The number of nitrogens with zero attached hydrogens (tertiary/aromatic N) is 1. The van der Waals surface area contributed by atoms with Gasteiger partial charge in [-0.2, -0.15) is 0 Å². The van der Waals surface area contributed by atoms with E-state index in [2.05, 4.69) is 23.5 Å². The summed E-state index contributed by atoms with van der Waals surface area (Å²) in [5, 5.41) is 0. The van der Waals surface area contributed by atoms with Crippen molar-refractivity contribution in [1.82, 2.24) is 9.62 Å². The molecule has 0 amide bonds. The third kappa shape index (κ3) is 4.49. The van der Waals surface area contributed by atoms with Crippen molar-refractivity contribution in [2.24, 2.45) is 0 Å². The fourth-order valence-electron chi connectivity index (χ4n) is 1.69. The molecule has 0 bridgehead atoms. The molecule has 0 aromatic heterocycles. The van der Waals surface area contributed by atoms with Gasteiger partial charge in [0.15, 0.2) is 0 Å². The van der Waals surface area contributed by atoms with Gasteiger partial charge >= 0.3 is 0 Å². The average molecular weight is 285 g/mol. The van der Waals surface area contributed by atoms with Crippen LogP contribution in [0.5, 0.6) is 0 Å². The van der Waals surface area contributed by atoms with Crippen LogP contribution in [0.15, 0.2) is 29.2 Å². The topological polar surface area (TPSA) is 75.4 Å². The average Bonchev–Trinajstić information content (AvgIpc) is 2.37. The van der Waals surface area contributed by atoms with Gasteiger partial charge in [0, 0.05) is 19.1 Å². The Kier molecular flexibility index (Phi) is 5.78. The zero-order valence-electron chi connectivity index (χ0n) is 11.8. The van der Waals surface area contributed by atoms with Crippen molar-refractivity contribution in [1.29, 1.82) is 0 Å². The van der Waals surface area contributed by atoms with E-state index >= 15 is 0 Å². The number of benzene rings is 1. The van der Waals surface area contributed by atoms with Crippen LogP contribution in [-0.4, -0.2) is 39.5 Å². The van der Waals surface area contributed by atoms with Crippen LogP contribution >= 0.6 is 0 Å². The summed E-state index contributed by atoms with van der Waals surface area (Å²) in [6.07, 6.45) is 1.04. The molecule has 0 aliphatic heterocycles. The first-order valence-electron chi connectivity index (χ1n) is 6.43. The number of sulfonamides is 1. The molecule has 0 radical (unpaired) electrons. The molecule has 6 heteroatoms. The number of nitrogens with one attached hydrogen (secondary N) is 1. The first-order chi connectivity index (χ1) is 8.88. The van der Waals surface area contributed by atoms with Crippen LogP contribution in [0.25, 0.3) is 0 Å². The van der Waals surface area contributed by atoms with E-state index < -0.39 is 10.0 Å². The predicted molar refractivity (Wildman–Crippen MR) is 78.4 cm³/mol. The third-order valence-corrected chi connectivity index (χ3v) is 4.84.